The third-order valence-electron chi connectivity index (χ3n) is 7.40. The number of carbonyl (C=O) groups is 1. The number of methoxy groups -OCH3 is 1. The van der Waals surface area contributed by atoms with Crippen LogP contribution in [0, 0.1) is 0 Å². The number of aromatic nitrogens is 1. The number of allylic oxidation sites excluding steroid dienone is 1. The Kier molecular flexibility index (Phi) is 7.94. The second-order valence-corrected chi connectivity index (χ2v) is 11.0. The van der Waals surface area contributed by atoms with Gasteiger partial charge in [-0.2, -0.15) is 0 Å². The monoisotopic (exact) mass is 590 g/mol. The number of hydrogen-bond donors (Lipinski definition) is 0. The topological polar surface area (TPSA) is 79.1 Å². The molecule has 1 unspecified atom stereocenters. The number of rotatable bonds is 8. The second kappa shape index (κ2) is 12.1. The molecule has 1 aliphatic heterocycles. The normalized spacial score (nSPS) is 14.8. The number of esters is 1. The Morgan fingerprint density at radius 2 is 1.72 bits per heavy atom. The molecule has 216 valence electrons. The molecule has 0 aliphatic carbocycles. The van der Waals surface area contributed by atoms with Crippen LogP contribution in [0.4, 0.5) is 0 Å². The summed E-state index contributed by atoms with van der Waals surface area (Å²) in [5.74, 6) is 0.795. The van der Waals surface area contributed by atoms with E-state index in [4.69, 9.17) is 14.2 Å². The van der Waals surface area contributed by atoms with E-state index in [-0.39, 0.29) is 12.2 Å². The molecule has 0 amide bonds. The first-order valence-electron chi connectivity index (χ1n) is 14.0. The van der Waals surface area contributed by atoms with Crippen molar-refractivity contribution < 1.29 is 19.0 Å². The summed E-state index contributed by atoms with van der Waals surface area (Å²) >= 11 is 1.28. The second-order valence-electron chi connectivity index (χ2n) is 10.0. The Bertz CT molecular complexity index is 2030. The van der Waals surface area contributed by atoms with Crippen LogP contribution in [0.2, 0.25) is 0 Å². The zero-order valence-electron chi connectivity index (χ0n) is 24.1. The molecular weight excluding hydrogens is 560 g/mol. The summed E-state index contributed by atoms with van der Waals surface area (Å²) < 4.78 is 19.2. The maximum absolute atomic E-state index is 13.9. The van der Waals surface area contributed by atoms with Crippen molar-refractivity contribution in [2.24, 2.45) is 4.99 Å². The van der Waals surface area contributed by atoms with E-state index in [2.05, 4.69) is 29.3 Å². The summed E-state index contributed by atoms with van der Waals surface area (Å²) in [6, 6.07) is 28.7. The fraction of sp³-hybridized carbons (Fsp3) is 0.171. The van der Waals surface area contributed by atoms with Crippen molar-refractivity contribution in [3.63, 3.8) is 0 Å². The number of benzene rings is 4. The predicted molar refractivity (Wildman–Crippen MR) is 168 cm³/mol. The molecule has 0 N–H and O–H groups in total. The molecule has 0 fully saturated rings. The molecule has 7 nitrogen and oxygen atoms in total. The van der Waals surface area contributed by atoms with Crippen LogP contribution in [0.25, 0.3) is 16.8 Å². The number of thiazole rings is 1. The van der Waals surface area contributed by atoms with Gasteiger partial charge in [0.1, 0.15) is 24.1 Å². The molecule has 6 rings (SSSR count). The van der Waals surface area contributed by atoms with Gasteiger partial charge in [0, 0.05) is 5.56 Å². The lowest BCUT2D eigenvalue weighted by Gasteiger charge is -2.25. The Balaban J connectivity index is 1.33. The molecular formula is C35H30N2O5S. The van der Waals surface area contributed by atoms with Crippen LogP contribution in [0.15, 0.2) is 112 Å². The van der Waals surface area contributed by atoms with Gasteiger partial charge < -0.3 is 14.2 Å². The molecule has 5 aromatic rings. The van der Waals surface area contributed by atoms with Crippen molar-refractivity contribution in [1.29, 1.82) is 0 Å². The van der Waals surface area contributed by atoms with E-state index >= 15 is 0 Å². The third kappa shape index (κ3) is 5.49. The van der Waals surface area contributed by atoms with Crippen molar-refractivity contribution in [3.8, 4) is 11.5 Å². The SMILES string of the molecule is CCOC(=O)C1=C(C)N=c2sc(=Cc3ccc(OCc4cccc5ccccc45)cc3)c(=O)n2C1c1ccccc1OC. The van der Waals surface area contributed by atoms with Crippen molar-refractivity contribution in [3.05, 3.63) is 139 Å². The molecule has 1 atom stereocenters. The average molecular weight is 591 g/mol. The van der Waals surface area contributed by atoms with Crippen molar-refractivity contribution >= 4 is 34.2 Å². The van der Waals surface area contributed by atoms with Crippen LogP contribution in [-0.4, -0.2) is 24.3 Å². The lowest BCUT2D eigenvalue weighted by Crippen LogP contribution is -2.40. The summed E-state index contributed by atoms with van der Waals surface area (Å²) in [4.78, 5) is 32.2. The predicted octanol–water partition coefficient (Wildman–Crippen LogP) is 5.54. The smallest absolute Gasteiger partial charge is 0.338 e. The van der Waals surface area contributed by atoms with E-state index in [1.807, 2.05) is 72.8 Å². The van der Waals surface area contributed by atoms with Crippen LogP contribution >= 0.6 is 11.3 Å². The average Bonchev–Trinajstić information content (AvgIpc) is 3.33. The summed E-state index contributed by atoms with van der Waals surface area (Å²) in [7, 11) is 1.57. The van der Waals surface area contributed by atoms with E-state index in [0.29, 0.717) is 38.5 Å². The minimum Gasteiger partial charge on any atom is -0.496 e. The Hall–Kier alpha value is -4.95. The maximum atomic E-state index is 13.9. The molecule has 0 saturated heterocycles. The highest BCUT2D eigenvalue weighted by molar-refractivity contribution is 7.07. The zero-order valence-corrected chi connectivity index (χ0v) is 24.9. The summed E-state index contributed by atoms with van der Waals surface area (Å²) in [6.45, 7) is 4.18. The minimum atomic E-state index is -0.738. The molecule has 1 aliphatic rings. The standard InChI is InChI=1S/C35H30N2O5S/c1-4-41-34(39)31-22(2)36-35-37(32(31)28-14-7-8-15-29(28)40-3)33(38)30(43-35)20-23-16-18-26(19-17-23)42-21-25-12-9-11-24-10-5-6-13-27(24)25/h5-20,32H,4,21H2,1-3H3. The summed E-state index contributed by atoms with van der Waals surface area (Å²) in [5, 5.41) is 2.35. The summed E-state index contributed by atoms with van der Waals surface area (Å²) in [6.07, 6.45) is 1.83. The van der Waals surface area contributed by atoms with Crippen molar-refractivity contribution in [2.45, 2.75) is 26.5 Å². The van der Waals surface area contributed by atoms with Crippen LogP contribution in [0.5, 0.6) is 11.5 Å². The molecule has 4 aromatic carbocycles. The van der Waals surface area contributed by atoms with Gasteiger partial charge in [0.05, 0.1) is 29.5 Å². The number of ether oxygens (including phenoxy) is 3. The number of nitrogens with zero attached hydrogens (tertiary/aromatic N) is 2. The lowest BCUT2D eigenvalue weighted by molar-refractivity contribution is -0.139. The van der Waals surface area contributed by atoms with Gasteiger partial charge in [-0.25, -0.2) is 9.79 Å². The van der Waals surface area contributed by atoms with Crippen LogP contribution in [-0.2, 0) is 16.1 Å². The first-order valence-corrected chi connectivity index (χ1v) is 14.8. The number of fused-ring (bicyclic) bond motifs is 2. The third-order valence-corrected chi connectivity index (χ3v) is 8.39. The number of hydrogen-bond acceptors (Lipinski definition) is 7. The molecule has 0 saturated carbocycles. The van der Waals surface area contributed by atoms with E-state index in [0.717, 1.165) is 16.9 Å². The molecule has 8 heteroatoms. The van der Waals surface area contributed by atoms with Crippen LogP contribution in [0.1, 0.15) is 36.6 Å². The van der Waals surface area contributed by atoms with Gasteiger partial charge in [0.25, 0.3) is 5.56 Å². The number of carbonyl (C=O) groups excluding carboxylic acids is 1. The first kappa shape index (κ1) is 28.2. The Morgan fingerprint density at radius 3 is 2.51 bits per heavy atom. The van der Waals surface area contributed by atoms with E-state index in [1.54, 1.807) is 25.5 Å². The fourth-order valence-electron chi connectivity index (χ4n) is 5.37. The molecule has 0 radical (unpaired) electrons. The highest BCUT2D eigenvalue weighted by Gasteiger charge is 2.34. The molecule has 0 bridgehead atoms. The summed E-state index contributed by atoms with van der Waals surface area (Å²) in [5.41, 5.74) is 3.23. The van der Waals surface area contributed by atoms with Gasteiger partial charge in [-0.05, 0) is 60.0 Å². The zero-order chi connectivity index (χ0) is 29.9. The minimum absolute atomic E-state index is 0.209. The highest BCUT2D eigenvalue weighted by atomic mass is 32.1. The Labute approximate surface area is 252 Å². The van der Waals surface area contributed by atoms with E-state index in [1.165, 1.54) is 22.1 Å². The molecule has 2 heterocycles. The van der Waals surface area contributed by atoms with Crippen LogP contribution < -0.4 is 24.4 Å². The van der Waals surface area contributed by atoms with Crippen molar-refractivity contribution in [1.82, 2.24) is 4.57 Å². The first-order chi connectivity index (χ1) is 21.0. The van der Waals surface area contributed by atoms with Gasteiger partial charge >= 0.3 is 5.97 Å². The fourth-order valence-corrected chi connectivity index (χ4v) is 6.42. The highest BCUT2D eigenvalue weighted by Crippen LogP contribution is 2.35. The van der Waals surface area contributed by atoms with Gasteiger partial charge in [-0.15, -0.1) is 0 Å². The lowest BCUT2D eigenvalue weighted by atomic mass is 9.95. The molecule has 43 heavy (non-hydrogen) atoms. The van der Waals surface area contributed by atoms with Gasteiger partial charge in [0.2, 0.25) is 0 Å². The quantitative estimate of drug-likeness (QED) is 0.222. The largest absolute Gasteiger partial charge is 0.496 e. The maximum Gasteiger partial charge on any atom is 0.338 e. The molecule has 0 spiro atoms. The van der Waals surface area contributed by atoms with Gasteiger partial charge in [-0.1, -0.05) is 84.1 Å². The van der Waals surface area contributed by atoms with E-state index in [9.17, 15) is 9.59 Å². The molecule has 1 aromatic heterocycles. The van der Waals surface area contributed by atoms with Gasteiger partial charge in [-0.3, -0.25) is 9.36 Å². The van der Waals surface area contributed by atoms with Crippen molar-refractivity contribution in [2.75, 3.05) is 13.7 Å². The van der Waals surface area contributed by atoms with Gasteiger partial charge in [0.15, 0.2) is 4.80 Å². The van der Waals surface area contributed by atoms with E-state index < -0.39 is 12.0 Å². The Morgan fingerprint density at radius 1 is 0.977 bits per heavy atom. The van der Waals surface area contributed by atoms with Crippen LogP contribution in [0.3, 0.4) is 0 Å². The number of para-hydroxylation sites is 1.